The molecule has 1 unspecified atom stereocenters. The van der Waals surface area contributed by atoms with Crippen molar-refractivity contribution in [3.8, 4) is 11.5 Å². The van der Waals surface area contributed by atoms with E-state index in [2.05, 4.69) is 18.2 Å². The Morgan fingerprint density at radius 1 is 1.24 bits per heavy atom. The number of hydrogen-bond donors (Lipinski definition) is 1. The zero-order valence-electron chi connectivity index (χ0n) is 12.3. The third kappa shape index (κ3) is 2.88. The van der Waals surface area contributed by atoms with Crippen molar-refractivity contribution in [2.45, 2.75) is 25.8 Å². The Kier molecular flexibility index (Phi) is 4.11. The van der Waals surface area contributed by atoms with Gasteiger partial charge < -0.3 is 15.2 Å². The Morgan fingerprint density at radius 3 is 2.95 bits per heavy atom. The highest BCUT2D eigenvalue weighted by Crippen LogP contribution is 2.35. The van der Waals surface area contributed by atoms with E-state index in [-0.39, 0.29) is 6.04 Å². The maximum atomic E-state index is 6.47. The summed E-state index contributed by atoms with van der Waals surface area (Å²) in [5.41, 5.74) is 9.83. The number of para-hydroxylation sites is 1. The van der Waals surface area contributed by atoms with Crippen LogP contribution < -0.4 is 15.2 Å². The van der Waals surface area contributed by atoms with Crippen LogP contribution in [0.5, 0.6) is 11.5 Å². The van der Waals surface area contributed by atoms with E-state index >= 15 is 0 Å². The van der Waals surface area contributed by atoms with E-state index in [1.807, 2.05) is 31.2 Å². The molecule has 1 aliphatic rings. The molecular formula is C18H21NO2. The van der Waals surface area contributed by atoms with Gasteiger partial charge in [0.2, 0.25) is 0 Å². The first-order valence-electron chi connectivity index (χ1n) is 7.52. The highest BCUT2D eigenvalue weighted by molar-refractivity contribution is 5.48. The average molecular weight is 283 g/mol. The molecule has 110 valence electrons. The molecule has 3 heteroatoms. The van der Waals surface area contributed by atoms with Gasteiger partial charge in [-0.05, 0) is 43.0 Å². The summed E-state index contributed by atoms with van der Waals surface area (Å²) >= 11 is 0. The van der Waals surface area contributed by atoms with E-state index in [4.69, 9.17) is 15.2 Å². The summed E-state index contributed by atoms with van der Waals surface area (Å²) < 4.78 is 11.4. The van der Waals surface area contributed by atoms with Gasteiger partial charge in [-0.15, -0.1) is 0 Å². The van der Waals surface area contributed by atoms with Crippen LogP contribution in [0.1, 0.15) is 36.1 Å². The molecule has 1 atom stereocenters. The van der Waals surface area contributed by atoms with Crippen LogP contribution in [-0.4, -0.2) is 13.2 Å². The lowest BCUT2D eigenvalue weighted by molar-refractivity contribution is 0.284. The fraction of sp³-hybridized carbons (Fsp3) is 0.333. The number of aryl methyl sites for hydroxylation is 1. The molecule has 2 aromatic rings. The number of nitrogens with two attached hydrogens (primary N) is 1. The van der Waals surface area contributed by atoms with Crippen LogP contribution in [0.25, 0.3) is 0 Å². The molecule has 3 nitrogen and oxygen atoms in total. The lowest BCUT2D eigenvalue weighted by Gasteiger charge is -2.23. The maximum Gasteiger partial charge on any atom is 0.127 e. The summed E-state index contributed by atoms with van der Waals surface area (Å²) in [4.78, 5) is 0. The minimum absolute atomic E-state index is 0.196. The highest BCUT2D eigenvalue weighted by Gasteiger charge is 2.19. The first-order chi connectivity index (χ1) is 10.3. The molecule has 21 heavy (non-hydrogen) atoms. The quantitative estimate of drug-likeness (QED) is 0.934. The summed E-state index contributed by atoms with van der Waals surface area (Å²) in [6.07, 6.45) is 2.14. The number of rotatable bonds is 4. The highest BCUT2D eigenvalue weighted by atomic mass is 16.5. The Bertz CT molecular complexity index is 624. The fourth-order valence-corrected chi connectivity index (χ4v) is 2.80. The zero-order valence-corrected chi connectivity index (χ0v) is 12.3. The summed E-state index contributed by atoms with van der Waals surface area (Å²) in [7, 11) is 0. The van der Waals surface area contributed by atoms with Gasteiger partial charge in [-0.1, -0.05) is 30.3 Å². The van der Waals surface area contributed by atoms with Crippen LogP contribution in [-0.2, 0) is 6.42 Å². The van der Waals surface area contributed by atoms with Gasteiger partial charge >= 0.3 is 0 Å². The lowest BCUT2D eigenvalue weighted by Crippen LogP contribution is -2.17. The molecule has 0 bridgehead atoms. The Balaban J connectivity index is 1.95. The molecule has 3 rings (SSSR count). The van der Waals surface area contributed by atoms with Crippen molar-refractivity contribution < 1.29 is 9.47 Å². The normalized spacial score (nSPS) is 15.0. The largest absolute Gasteiger partial charge is 0.494 e. The minimum Gasteiger partial charge on any atom is -0.494 e. The Morgan fingerprint density at radius 2 is 2.10 bits per heavy atom. The molecule has 0 radical (unpaired) electrons. The van der Waals surface area contributed by atoms with Crippen molar-refractivity contribution in [3.05, 3.63) is 59.2 Å². The molecule has 0 fully saturated rings. The molecule has 0 spiro atoms. The van der Waals surface area contributed by atoms with Gasteiger partial charge in [0.15, 0.2) is 0 Å². The van der Waals surface area contributed by atoms with Crippen LogP contribution >= 0.6 is 0 Å². The van der Waals surface area contributed by atoms with Gasteiger partial charge in [0.25, 0.3) is 0 Å². The fourth-order valence-electron chi connectivity index (χ4n) is 2.80. The molecule has 2 aromatic carbocycles. The van der Waals surface area contributed by atoms with E-state index in [1.165, 1.54) is 5.56 Å². The van der Waals surface area contributed by atoms with Crippen molar-refractivity contribution in [2.24, 2.45) is 5.73 Å². The summed E-state index contributed by atoms with van der Waals surface area (Å²) in [5.74, 6) is 1.83. The molecular weight excluding hydrogens is 262 g/mol. The lowest BCUT2D eigenvalue weighted by atomic mass is 9.94. The molecule has 0 saturated heterocycles. The van der Waals surface area contributed by atoms with E-state index in [9.17, 15) is 0 Å². The second-order valence-corrected chi connectivity index (χ2v) is 5.27. The molecule has 0 saturated carbocycles. The molecule has 2 N–H and O–H groups in total. The molecule has 1 aliphatic heterocycles. The SMILES string of the molecule is CCOc1cccc(C(N)c2cccc3c2OCCC3)c1. The number of hydrogen-bond acceptors (Lipinski definition) is 3. The molecule has 1 heterocycles. The standard InChI is InChI=1S/C18H21NO2/c1-2-20-15-9-3-7-14(12-15)17(19)16-10-4-6-13-8-5-11-21-18(13)16/h3-4,6-7,9-10,12,17H,2,5,8,11,19H2,1H3. The predicted octanol–water partition coefficient (Wildman–Crippen LogP) is 3.46. The van der Waals surface area contributed by atoms with Gasteiger partial charge in [0.05, 0.1) is 19.3 Å². The monoisotopic (exact) mass is 283 g/mol. The van der Waals surface area contributed by atoms with E-state index in [0.717, 1.165) is 42.1 Å². The van der Waals surface area contributed by atoms with Crippen molar-refractivity contribution in [2.75, 3.05) is 13.2 Å². The number of ether oxygens (including phenoxy) is 2. The molecule has 0 aromatic heterocycles. The summed E-state index contributed by atoms with van der Waals surface area (Å²) in [6.45, 7) is 3.41. The van der Waals surface area contributed by atoms with Gasteiger partial charge in [-0.2, -0.15) is 0 Å². The minimum atomic E-state index is -0.196. The smallest absolute Gasteiger partial charge is 0.127 e. The van der Waals surface area contributed by atoms with Gasteiger partial charge in [-0.25, -0.2) is 0 Å². The summed E-state index contributed by atoms with van der Waals surface area (Å²) in [5, 5.41) is 0. The predicted molar refractivity (Wildman–Crippen MR) is 83.9 cm³/mol. The van der Waals surface area contributed by atoms with Gasteiger partial charge in [0, 0.05) is 5.56 Å². The van der Waals surface area contributed by atoms with Crippen molar-refractivity contribution in [1.82, 2.24) is 0 Å². The maximum absolute atomic E-state index is 6.47. The zero-order chi connectivity index (χ0) is 14.7. The number of benzene rings is 2. The van der Waals surface area contributed by atoms with Crippen LogP contribution in [0.2, 0.25) is 0 Å². The van der Waals surface area contributed by atoms with Crippen molar-refractivity contribution >= 4 is 0 Å². The van der Waals surface area contributed by atoms with E-state index in [0.29, 0.717) is 6.61 Å². The van der Waals surface area contributed by atoms with Gasteiger partial charge in [-0.3, -0.25) is 0 Å². The summed E-state index contributed by atoms with van der Waals surface area (Å²) in [6, 6.07) is 14.0. The second-order valence-electron chi connectivity index (χ2n) is 5.27. The second kappa shape index (κ2) is 6.19. The Labute approximate surface area is 125 Å². The van der Waals surface area contributed by atoms with Crippen LogP contribution in [0.3, 0.4) is 0 Å². The van der Waals surface area contributed by atoms with Crippen LogP contribution in [0.15, 0.2) is 42.5 Å². The van der Waals surface area contributed by atoms with E-state index in [1.54, 1.807) is 0 Å². The topological polar surface area (TPSA) is 44.5 Å². The van der Waals surface area contributed by atoms with Crippen LogP contribution in [0, 0.1) is 0 Å². The molecule has 0 aliphatic carbocycles. The Hall–Kier alpha value is -2.00. The van der Waals surface area contributed by atoms with Crippen molar-refractivity contribution in [1.29, 1.82) is 0 Å². The first-order valence-corrected chi connectivity index (χ1v) is 7.52. The van der Waals surface area contributed by atoms with Gasteiger partial charge in [0.1, 0.15) is 11.5 Å². The number of fused-ring (bicyclic) bond motifs is 1. The first kappa shape index (κ1) is 14.0. The molecule has 0 amide bonds. The van der Waals surface area contributed by atoms with Crippen LogP contribution in [0.4, 0.5) is 0 Å². The van der Waals surface area contributed by atoms with Crippen molar-refractivity contribution in [3.63, 3.8) is 0 Å². The average Bonchev–Trinajstić information content (AvgIpc) is 2.54. The third-order valence-corrected chi connectivity index (χ3v) is 3.83. The van der Waals surface area contributed by atoms with E-state index < -0.39 is 0 Å². The third-order valence-electron chi connectivity index (χ3n) is 3.83.